The molecule has 0 aromatic heterocycles. The number of methoxy groups -OCH3 is 1. The van der Waals surface area contributed by atoms with Crippen molar-refractivity contribution in [2.75, 3.05) is 7.11 Å². The zero-order valence-corrected chi connectivity index (χ0v) is 12.6. The van der Waals surface area contributed by atoms with Gasteiger partial charge in [0.2, 0.25) is 0 Å². The van der Waals surface area contributed by atoms with E-state index in [0.717, 1.165) is 18.4 Å². The zero-order chi connectivity index (χ0) is 15.1. The third kappa shape index (κ3) is 2.40. The number of hydrogen-bond acceptors (Lipinski definition) is 3. The molecule has 1 aliphatic rings. The summed E-state index contributed by atoms with van der Waals surface area (Å²) in [5, 5.41) is 9.63. The molecule has 1 fully saturated rings. The van der Waals surface area contributed by atoms with Crippen molar-refractivity contribution >= 4 is 5.97 Å². The van der Waals surface area contributed by atoms with Gasteiger partial charge < -0.3 is 15.6 Å². The van der Waals surface area contributed by atoms with Crippen LogP contribution in [-0.2, 0) is 15.7 Å². The molecular formula is C16H23NO3. The summed E-state index contributed by atoms with van der Waals surface area (Å²) >= 11 is 0. The second-order valence-corrected chi connectivity index (χ2v) is 6.61. The summed E-state index contributed by atoms with van der Waals surface area (Å²) in [6.07, 6.45) is 1.71. The van der Waals surface area contributed by atoms with E-state index < -0.39 is 11.5 Å². The molecule has 0 amide bonds. The first-order chi connectivity index (χ1) is 9.21. The van der Waals surface area contributed by atoms with Gasteiger partial charge in [-0.2, -0.15) is 0 Å². The molecule has 20 heavy (non-hydrogen) atoms. The van der Waals surface area contributed by atoms with Crippen LogP contribution >= 0.6 is 0 Å². The Morgan fingerprint density at radius 2 is 1.95 bits per heavy atom. The van der Waals surface area contributed by atoms with E-state index >= 15 is 0 Å². The summed E-state index contributed by atoms with van der Waals surface area (Å²) in [4.78, 5) is 11.8. The Hall–Kier alpha value is -1.55. The van der Waals surface area contributed by atoms with Gasteiger partial charge in [0.15, 0.2) is 0 Å². The highest BCUT2D eigenvalue weighted by molar-refractivity contribution is 5.82. The number of nitrogens with two attached hydrogens (primary N) is 1. The predicted molar refractivity (Wildman–Crippen MR) is 77.9 cm³/mol. The number of ether oxygens (including phenoxy) is 1. The molecule has 1 saturated carbocycles. The fourth-order valence-corrected chi connectivity index (χ4v) is 2.55. The molecular weight excluding hydrogens is 254 g/mol. The van der Waals surface area contributed by atoms with Crippen molar-refractivity contribution in [3.05, 3.63) is 29.3 Å². The molecule has 0 radical (unpaired) electrons. The molecule has 2 rings (SSSR count). The molecule has 4 heteroatoms. The monoisotopic (exact) mass is 277 g/mol. The predicted octanol–water partition coefficient (Wildman–Crippen LogP) is 2.64. The van der Waals surface area contributed by atoms with Gasteiger partial charge in [-0.05, 0) is 41.9 Å². The number of carboxylic acid groups (broad SMARTS) is 1. The van der Waals surface area contributed by atoms with Crippen LogP contribution in [0.4, 0.5) is 0 Å². The first-order valence-electron chi connectivity index (χ1n) is 6.92. The van der Waals surface area contributed by atoms with Gasteiger partial charge in [-0.1, -0.05) is 26.8 Å². The van der Waals surface area contributed by atoms with E-state index in [-0.39, 0.29) is 11.3 Å². The third-order valence-electron chi connectivity index (χ3n) is 4.09. The van der Waals surface area contributed by atoms with Crippen molar-refractivity contribution in [2.45, 2.75) is 44.6 Å². The molecule has 3 N–H and O–H groups in total. The highest BCUT2D eigenvalue weighted by Crippen LogP contribution is 2.47. The molecule has 0 bridgehead atoms. The van der Waals surface area contributed by atoms with Gasteiger partial charge in [-0.25, -0.2) is 4.79 Å². The lowest BCUT2D eigenvalue weighted by Gasteiger charge is -2.29. The molecule has 1 unspecified atom stereocenters. The van der Waals surface area contributed by atoms with Gasteiger partial charge in [0.1, 0.15) is 11.3 Å². The molecule has 4 nitrogen and oxygen atoms in total. The van der Waals surface area contributed by atoms with Crippen LogP contribution in [0, 0.1) is 5.92 Å². The van der Waals surface area contributed by atoms with Crippen LogP contribution < -0.4 is 10.5 Å². The Balaban J connectivity index is 2.60. The maximum atomic E-state index is 11.8. The number of rotatable bonds is 4. The minimum Gasteiger partial charge on any atom is -0.496 e. The summed E-state index contributed by atoms with van der Waals surface area (Å²) in [7, 11) is 1.55. The standard InChI is InChI=1S/C16H23NO3/c1-15(2,3)11-7-8-13(20-4)12(9-11)16(17,14(18)19)10-5-6-10/h7-10H,5-6,17H2,1-4H3,(H,18,19). The van der Waals surface area contributed by atoms with Gasteiger partial charge in [0.05, 0.1) is 7.11 Å². The third-order valence-corrected chi connectivity index (χ3v) is 4.09. The van der Waals surface area contributed by atoms with Crippen LogP contribution in [0.2, 0.25) is 0 Å². The lowest BCUT2D eigenvalue weighted by Crippen LogP contribution is -2.47. The largest absolute Gasteiger partial charge is 0.496 e. The Morgan fingerprint density at radius 3 is 2.35 bits per heavy atom. The van der Waals surface area contributed by atoms with Gasteiger partial charge in [-0.15, -0.1) is 0 Å². The van der Waals surface area contributed by atoms with Crippen molar-refractivity contribution in [1.82, 2.24) is 0 Å². The van der Waals surface area contributed by atoms with Crippen molar-refractivity contribution < 1.29 is 14.6 Å². The van der Waals surface area contributed by atoms with Gasteiger partial charge in [0.25, 0.3) is 0 Å². The van der Waals surface area contributed by atoms with Crippen molar-refractivity contribution in [3.8, 4) is 5.75 Å². The number of carbonyl (C=O) groups is 1. The zero-order valence-electron chi connectivity index (χ0n) is 12.6. The van der Waals surface area contributed by atoms with Gasteiger partial charge in [-0.3, -0.25) is 0 Å². The van der Waals surface area contributed by atoms with Crippen LogP contribution in [0.15, 0.2) is 18.2 Å². The first-order valence-corrected chi connectivity index (χ1v) is 6.92. The van der Waals surface area contributed by atoms with E-state index in [1.54, 1.807) is 7.11 Å². The topological polar surface area (TPSA) is 72.5 Å². The molecule has 1 aliphatic carbocycles. The van der Waals surface area contributed by atoms with E-state index in [1.807, 2.05) is 18.2 Å². The van der Waals surface area contributed by atoms with E-state index in [1.165, 1.54) is 0 Å². The quantitative estimate of drug-likeness (QED) is 0.887. The minimum absolute atomic E-state index is 0.0101. The van der Waals surface area contributed by atoms with Gasteiger partial charge >= 0.3 is 5.97 Å². The summed E-state index contributed by atoms with van der Waals surface area (Å²) in [6.45, 7) is 6.28. The lowest BCUT2D eigenvalue weighted by molar-refractivity contribution is -0.144. The minimum atomic E-state index is -1.35. The Morgan fingerprint density at radius 1 is 1.35 bits per heavy atom. The van der Waals surface area contributed by atoms with E-state index in [0.29, 0.717) is 11.3 Å². The molecule has 0 spiro atoms. The summed E-state index contributed by atoms with van der Waals surface area (Å²) in [6, 6.07) is 5.69. The Kier molecular flexibility index (Phi) is 3.54. The van der Waals surface area contributed by atoms with Crippen LogP contribution in [-0.4, -0.2) is 18.2 Å². The molecule has 1 aromatic rings. The molecule has 0 saturated heterocycles. The Bertz CT molecular complexity index is 529. The average Bonchev–Trinajstić information content (AvgIpc) is 3.20. The average molecular weight is 277 g/mol. The second-order valence-electron chi connectivity index (χ2n) is 6.61. The number of benzene rings is 1. The fraction of sp³-hybridized carbons (Fsp3) is 0.562. The maximum Gasteiger partial charge on any atom is 0.328 e. The van der Waals surface area contributed by atoms with Crippen LogP contribution in [0.3, 0.4) is 0 Å². The molecule has 1 aromatic carbocycles. The lowest BCUT2D eigenvalue weighted by atomic mass is 9.80. The normalized spacial score (nSPS) is 18.4. The van der Waals surface area contributed by atoms with Crippen LogP contribution in [0.1, 0.15) is 44.7 Å². The van der Waals surface area contributed by atoms with Crippen molar-refractivity contribution in [1.29, 1.82) is 0 Å². The molecule has 110 valence electrons. The van der Waals surface area contributed by atoms with Crippen LogP contribution in [0.25, 0.3) is 0 Å². The number of carboxylic acids is 1. The van der Waals surface area contributed by atoms with Gasteiger partial charge in [0, 0.05) is 5.56 Å². The van der Waals surface area contributed by atoms with E-state index in [2.05, 4.69) is 20.8 Å². The summed E-state index contributed by atoms with van der Waals surface area (Å²) in [5.74, 6) is -0.441. The SMILES string of the molecule is COc1ccc(C(C)(C)C)cc1C(N)(C(=O)O)C1CC1. The van der Waals surface area contributed by atoms with Crippen molar-refractivity contribution in [2.24, 2.45) is 11.7 Å². The second kappa shape index (κ2) is 4.77. The molecule has 0 heterocycles. The van der Waals surface area contributed by atoms with Crippen LogP contribution in [0.5, 0.6) is 5.75 Å². The number of aliphatic carboxylic acids is 1. The highest BCUT2D eigenvalue weighted by atomic mass is 16.5. The number of hydrogen-bond donors (Lipinski definition) is 2. The highest BCUT2D eigenvalue weighted by Gasteiger charge is 2.51. The smallest absolute Gasteiger partial charge is 0.328 e. The fourth-order valence-electron chi connectivity index (χ4n) is 2.55. The molecule has 0 aliphatic heterocycles. The van der Waals surface area contributed by atoms with Crippen molar-refractivity contribution in [3.63, 3.8) is 0 Å². The Labute approximate surface area is 119 Å². The summed E-state index contributed by atoms with van der Waals surface area (Å²) in [5.41, 5.74) is 6.50. The first kappa shape index (κ1) is 14.9. The molecule has 1 atom stereocenters. The van der Waals surface area contributed by atoms with E-state index in [4.69, 9.17) is 10.5 Å². The summed E-state index contributed by atoms with van der Waals surface area (Å²) < 4.78 is 5.34. The maximum absolute atomic E-state index is 11.8. The van der Waals surface area contributed by atoms with E-state index in [9.17, 15) is 9.90 Å².